The van der Waals surface area contributed by atoms with E-state index in [-0.39, 0.29) is 6.10 Å². The van der Waals surface area contributed by atoms with E-state index in [9.17, 15) is 0 Å². The SMILES string of the molecule is CC(CC1CCCN1)NCC1COCCO1. The Morgan fingerprint density at radius 3 is 3.06 bits per heavy atom. The highest BCUT2D eigenvalue weighted by Crippen LogP contribution is 2.11. The predicted octanol–water partition coefficient (Wildman–Crippen LogP) is 0.522. The van der Waals surface area contributed by atoms with Gasteiger partial charge in [-0.1, -0.05) is 0 Å². The van der Waals surface area contributed by atoms with E-state index in [4.69, 9.17) is 9.47 Å². The second-order valence-electron chi connectivity index (χ2n) is 4.91. The van der Waals surface area contributed by atoms with Gasteiger partial charge in [0.25, 0.3) is 0 Å². The van der Waals surface area contributed by atoms with Gasteiger partial charge in [-0.25, -0.2) is 0 Å². The minimum absolute atomic E-state index is 0.243. The topological polar surface area (TPSA) is 42.5 Å². The number of hydrogen-bond donors (Lipinski definition) is 2. The van der Waals surface area contributed by atoms with E-state index < -0.39 is 0 Å². The van der Waals surface area contributed by atoms with Crippen LogP contribution in [0.3, 0.4) is 0 Å². The molecular formula is C12H24N2O2. The van der Waals surface area contributed by atoms with Crippen LogP contribution >= 0.6 is 0 Å². The Labute approximate surface area is 98.1 Å². The van der Waals surface area contributed by atoms with Gasteiger partial charge in [0.15, 0.2) is 0 Å². The third-order valence-corrected chi connectivity index (χ3v) is 3.38. The van der Waals surface area contributed by atoms with Crippen molar-refractivity contribution in [3.05, 3.63) is 0 Å². The van der Waals surface area contributed by atoms with Gasteiger partial charge in [0, 0.05) is 18.6 Å². The summed E-state index contributed by atoms with van der Waals surface area (Å²) in [6, 6.07) is 1.27. The van der Waals surface area contributed by atoms with E-state index in [0.29, 0.717) is 12.1 Å². The Bertz CT molecular complexity index is 189. The van der Waals surface area contributed by atoms with Crippen LogP contribution in [0.15, 0.2) is 0 Å². The zero-order valence-electron chi connectivity index (χ0n) is 10.2. The maximum absolute atomic E-state index is 5.60. The fourth-order valence-electron chi connectivity index (χ4n) is 2.46. The summed E-state index contributed by atoms with van der Waals surface area (Å²) in [5.74, 6) is 0. The highest BCUT2D eigenvalue weighted by molar-refractivity contribution is 4.79. The third kappa shape index (κ3) is 4.01. The van der Waals surface area contributed by atoms with Gasteiger partial charge in [-0.3, -0.25) is 0 Å². The first-order valence-electron chi connectivity index (χ1n) is 6.50. The molecule has 2 rings (SSSR count). The van der Waals surface area contributed by atoms with Crippen LogP contribution in [0.1, 0.15) is 26.2 Å². The van der Waals surface area contributed by atoms with Gasteiger partial charge in [-0.05, 0) is 32.7 Å². The molecule has 0 spiro atoms. The molecule has 2 heterocycles. The summed E-state index contributed by atoms with van der Waals surface area (Å²) in [6.45, 7) is 6.58. The Hall–Kier alpha value is -0.160. The first-order chi connectivity index (χ1) is 7.84. The molecule has 0 amide bonds. The van der Waals surface area contributed by atoms with Crippen LogP contribution in [0, 0.1) is 0 Å². The van der Waals surface area contributed by atoms with Crippen molar-refractivity contribution in [2.45, 2.75) is 44.4 Å². The molecule has 0 aliphatic carbocycles. The number of nitrogens with one attached hydrogen (secondary N) is 2. The summed E-state index contributed by atoms with van der Waals surface area (Å²) >= 11 is 0. The second-order valence-corrected chi connectivity index (χ2v) is 4.91. The van der Waals surface area contributed by atoms with Gasteiger partial charge < -0.3 is 20.1 Å². The minimum atomic E-state index is 0.243. The molecule has 2 aliphatic rings. The molecule has 4 heteroatoms. The van der Waals surface area contributed by atoms with Crippen LogP contribution in [0.25, 0.3) is 0 Å². The smallest absolute Gasteiger partial charge is 0.0933 e. The molecule has 94 valence electrons. The fraction of sp³-hybridized carbons (Fsp3) is 1.00. The molecule has 2 fully saturated rings. The van der Waals surface area contributed by atoms with Crippen LogP contribution in [-0.2, 0) is 9.47 Å². The van der Waals surface area contributed by atoms with Crippen molar-refractivity contribution in [1.29, 1.82) is 0 Å². The molecule has 2 N–H and O–H groups in total. The Balaban J connectivity index is 1.57. The summed E-state index contributed by atoms with van der Waals surface area (Å²) in [5.41, 5.74) is 0. The van der Waals surface area contributed by atoms with Crippen molar-refractivity contribution in [1.82, 2.24) is 10.6 Å². The Morgan fingerprint density at radius 2 is 2.38 bits per heavy atom. The Morgan fingerprint density at radius 1 is 1.44 bits per heavy atom. The van der Waals surface area contributed by atoms with Crippen LogP contribution in [-0.4, -0.2) is 51.1 Å². The summed E-state index contributed by atoms with van der Waals surface area (Å²) in [7, 11) is 0. The quantitative estimate of drug-likeness (QED) is 0.720. The molecule has 2 aliphatic heterocycles. The third-order valence-electron chi connectivity index (χ3n) is 3.38. The maximum atomic E-state index is 5.60. The van der Waals surface area contributed by atoms with Crippen molar-refractivity contribution in [2.24, 2.45) is 0 Å². The zero-order chi connectivity index (χ0) is 11.2. The molecule has 16 heavy (non-hydrogen) atoms. The van der Waals surface area contributed by atoms with Gasteiger partial charge >= 0.3 is 0 Å². The average Bonchev–Trinajstić information content (AvgIpc) is 2.81. The van der Waals surface area contributed by atoms with Gasteiger partial charge in [0.1, 0.15) is 0 Å². The van der Waals surface area contributed by atoms with Crippen molar-refractivity contribution in [3.63, 3.8) is 0 Å². The van der Waals surface area contributed by atoms with Crippen LogP contribution in [0.4, 0.5) is 0 Å². The van der Waals surface area contributed by atoms with E-state index in [2.05, 4.69) is 17.6 Å². The summed E-state index contributed by atoms with van der Waals surface area (Å²) in [5, 5.41) is 7.06. The van der Waals surface area contributed by atoms with E-state index in [1.165, 1.54) is 25.8 Å². The van der Waals surface area contributed by atoms with Crippen LogP contribution in [0.2, 0.25) is 0 Å². The molecule has 0 radical (unpaired) electrons. The lowest BCUT2D eigenvalue weighted by atomic mass is 10.1. The molecule has 2 saturated heterocycles. The summed E-state index contributed by atoms with van der Waals surface area (Å²) in [4.78, 5) is 0. The summed E-state index contributed by atoms with van der Waals surface area (Å²) in [6.07, 6.45) is 4.12. The van der Waals surface area contributed by atoms with Gasteiger partial charge in [0.05, 0.1) is 25.9 Å². The van der Waals surface area contributed by atoms with Crippen molar-refractivity contribution < 1.29 is 9.47 Å². The van der Waals surface area contributed by atoms with E-state index in [1.54, 1.807) is 0 Å². The van der Waals surface area contributed by atoms with Gasteiger partial charge in [-0.2, -0.15) is 0 Å². The number of hydrogen-bond acceptors (Lipinski definition) is 4. The van der Waals surface area contributed by atoms with E-state index in [0.717, 1.165) is 26.4 Å². The molecule has 4 nitrogen and oxygen atoms in total. The first kappa shape index (κ1) is 12.3. The molecule has 0 aromatic carbocycles. The van der Waals surface area contributed by atoms with Crippen molar-refractivity contribution in [3.8, 4) is 0 Å². The highest BCUT2D eigenvalue weighted by Gasteiger charge is 2.19. The molecule has 0 bridgehead atoms. The van der Waals surface area contributed by atoms with Gasteiger partial charge in [0.2, 0.25) is 0 Å². The monoisotopic (exact) mass is 228 g/mol. The molecule has 3 unspecified atom stereocenters. The van der Waals surface area contributed by atoms with Crippen LogP contribution in [0.5, 0.6) is 0 Å². The first-order valence-corrected chi connectivity index (χ1v) is 6.50. The molecule has 0 saturated carbocycles. The predicted molar refractivity (Wildman–Crippen MR) is 63.7 cm³/mol. The van der Waals surface area contributed by atoms with E-state index >= 15 is 0 Å². The highest BCUT2D eigenvalue weighted by atomic mass is 16.6. The normalized spacial score (nSPS) is 32.8. The largest absolute Gasteiger partial charge is 0.376 e. The van der Waals surface area contributed by atoms with Crippen LogP contribution < -0.4 is 10.6 Å². The fourth-order valence-corrected chi connectivity index (χ4v) is 2.46. The van der Waals surface area contributed by atoms with Crippen molar-refractivity contribution >= 4 is 0 Å². The summed E-state index contributed by atoms with van der Waals surface area (Å²) < 4.78 is 11.0. The van der Waals surface area contributed by atoms with Crippen molar-refractivity contribution in [2.75, 3.05) is 32.9 Å². The Kier molecular flexibility index (Phi) is 5.03. The molecule has 3 atom stereocenters. The number of rotatable bonds is 5. The second kappa shape index (κ2) is 6.55. The molecular weight excluding hydrogens is 204 g/mol. The minimum Gasteiger partial charge on any atom is -0.376 e. The van der Waals surface area contributed by atoms with E-state index in [1.807, 2.05) is 0 Å². The molecule has 0 aromatic heterocycles. The maximum Gasteiger partial charge on any atom is 0.0933 e. The number of ether oxygens (including phenoxy) is 2. The standard InChI is InChI=1S/C12H24N2O2/c1-10(7-11-3-2-4-13-11)14-8-12-9-15-5-6-16-12/h10-14H,2-9H2,1H3. The van der Waals surface area contributed by atoms with Gasteiger partial charge in [-0.15, -0.1) is 0 Å². The average molecular weight is 228 g/mol. The lowest BCUT2D eigenvalue weighted by Crippen LogP contribution is -2.42. The molecule has 0 aromatic rings. The lowest BCUT2D eigenvalue weighted by Gasteiger charge is -2.25. The lowest BCUT2D eigenvalue weighted by molar-refractivity contribution is -0.0870. The zero-order valence-corrected chi connectivity index (χ0v) is 10.2.